The van der Waals surface area contributed by atoms with Gasteiger partial charge < -0.3 is 9.84 Å². The molecule has 0 radical (unpaired) electrons. The molecule has 1 aromatic carbocycles. The van der Waals surface area contributed by atoms with Crippen molar-refractivity contribution in [1.29, 1.82) is 5.26 Å². The van der Waals surface area contributed by atoms with Gasteiger partial charge in [-0.25, -0.2) is 0 Å². The summed E-state index contributed by atoms with van der Waals surface area (Å²) < 4.78 is 5.02. The molecule has 0 aromatic heterocycles. The van der Waals surface area contributed by atoms with Gasteiger partial charge in [-0.1, -0.05) is 0 Å². The van der Waals surface area contributed by atoms with E-state index < -0.39 is 5.60 Å². The van der Waals surface area contributed by atoms with E-state index in [2.05, 4.69) is 0 Å². The van der Waals surface area contributed by atoms with Crippen molar-refractivity contribution in [2.24, 2.45) is 0 Å². The number of carbonyl (C=O) groups is 1. The first-order valence-electron chi connectivity index (χ1n) is 5.83. The number of allylic oxidation sites excluding steroid dienone is 1. The number of nitrogens with zero attached hydrogens (tertiary/aromatic N) is 1. The molecule has 0 heterocycles. The second kappa shape index (κ2) is 5.68. The standard InChI is InChI=1S/C15H17NO3/c1-10(15(2,3)18)7-13(17)11-5-6-14(19-4)12(8-11)9-16/h5-8,18H,1-4H3/b10-7+. The zero-order valence-corrected chi connectivity index (χ0v) is 11.5. The lowest BCUT2D eigenvalue weighted by Crippen LogP contribution is -2.20. The Morgan fingerprint density at radius 2 is 2.11 bits per heavy atom. The third kappa shape index (κ3) is 3.67. The van der Waals surface area contributed by atoms with Crippen molar-refractivity contribution < 1.29 is 14.6 Å². The Labute approximate surface area is 112 Å². The SMILES string of the molecule is COc1ccc(C(=O)/C=C(\C)C(C)(C)O)cc1C#N. The van der Waals surface area contributed by atoms with Crippen LogP contribution in [0.25, 0.3) is 0 Å². The van der Waals surface area contributed by atoms with Crippen LogP contribution in [0.3, 0.4) is 0 Å². The Hall–Kier alpha value is -2.12. The van der Waals surface area contributed by atoms with Crippen molar-refractivity contribution in [3.63, 3.8) is 0 Å². The van der Waals surface area contributed by atoms with Crippen LogP contribution in [0, 0.1) is 11.3 Å². The van der Waals surface area contributed by atoms with Crippen LogP contribution in [0.5, 0.6) is 5.75 Å². The third-order valence-corrected chi connectivity index (χ3v) is 2.92. The number of rotatable bonds is 4. The van der Waals surface area contributed by atoms with Crippen molar-refractivity contribution in [3.05, 3.63) is 41.0 Å². The lowest BCUT2D eigenvalue weighted by Gasteiger charge is -2.17. The fraction of sp³-hybridized carbons (Fsp3) is 0.333. The fourth-order valence-electron chi connectivity index (χ4n) is 1.41. The van der Waals surface area contributed by atoms with Gasteiger partial charge in [-0.05, 0) is 50.6 Å². The monoisotopic (exact) mass is 259 g/mol. The zero-order valence-electron chi connectivity index (χ0n) is 11.5. The molecule has 0 aliphatic carbocycles. The summed E-state index contributed by atoms with van der Waals surface area (Å²) in [7, 11) is 1.47. The summed E-state index contributed by atoms with van der Waals surface area (Å²) in [6.45, 7) is 4.91. The number of aliphatic hydroxyl groups is 1. The molecule has 0 atom stereocenters. The summed E-state index contributed by atoms with van der Waals surface area (Å²) in [6, 6.07) is 6.64. The highest BCUT2D eigenvalue weighted by atomic mass is 16.5. The van der Waals surface area contributed by atoms with Gasteiger partial charge in [-0.2, -0.15) is 5.26 Å². The number of ether oxygens (including phenoxy) is 1. The number of hydrogen-bond donors (Lipinski definition) is 1. The van der Waals surface area contributed by atoms with Gasteiger partial charge >= 0.3 is 0 Å². The summed E-state index contributed by atoms with van der Waals surface area (Å²) in [6.07, 6.45) is 1.38. The minimum Gasteiger partial charge on any atom is -0.495 e. The van der Waals surface area contributed by atoms with E-state index in [1.54, 1.807) is 32.9 Å². The van der Waals surface area contributed by atoms with E-state index in [1.807, 2.05) is 6.07 Å². The number of hydrogen-bond acceptors (Lipinski definition) is 4. The Balaban J connectivity index is 3.13. The highest BCUT2D eigenvalue weighted by Gasteiger charge is 2.17. The molecule has 0 unspecified atom stereocenters. The quantitative estimate of drug-likeness (QED) is 0.666. The van der Waals surface area contributed by atoms with Crippen LogP contribution in [0.1, 0.15) is 36.7 Å². The molecule has 1 rings (SSSR count). The van der Waals surface area contributed by atoms with Crippen molar-refractivity contribution in [1.82, 2.24) is 0 Å². The average molecular weight is 259 g/mol. The largest absolute Gasteiger partial charge is 0.495 e. The van der Waals surface area contributed by atoms with Gasteiger partial charge in [0.1, 0.15) is 11.8 Å². The molecule has 0 aliphatic heterocycles. The molecule has 0 amide bonds. The number of carbonyl (C=O) groups excluding carboxylic acids is 1. The molecule has 1 aromatic rings. The minimum absolute atomic E-state index is 0.251. The fourth-order valence-corrected chi connectivity index (χ4v) is 1.41. The van der Waals surface area contributed by atoms with Crippen LogP contribution >= 0.6 is 0 Å². The predicted octanol–water partition coefficient (Wildman–Crippen LogP) is 2.47. The summed E-state index contributed by atoms with van der Waals surface area (Å²) in [4.78, 5) is 12.0. The Bertz CT molecular complexity index is 560. The summed E-state index contributed by atoms with van der Waals surface area (Å²) >= 11 is 0. The van der Waals surface area contributed by atoms with Crippen molar-refractivity contribution in [3.8, 4) is 11.8 Å². The number of benzene rings is 1. The predicted molar refractivity (Wildman–Crippen MR) is 72.1 cm³/mol. The van der Waals surface area contributed by atoms with Crippen molar-refractivity contribution in [2.45, 2.75) is 26.4 Å². The molecule has 4 nitrogen and oxygen atoms in total. The van der Waals surface area contributed by atoms with Crippen molar-refractivity contribution >= 4 is 5.78 Å². The smallest absolute Gasteiger partial charge is 0.185 e. The lowest BCUT2D eigenvalue weighted by atomic mass is 9.96. The Morgan fingerprint density at radius 1 is 1.47 bits per heavy atom. The van der Waals surface area contributed by atoms with E-state index in [-0.39, 0.29) is 5.78 Å². The summed E-state index contributed by atoms with van der Waals surface area (Å²) in [5.74, 6) is 0.181. The molecular weight excluding hydrogens is 242 g/mol. The zero-order chi connectivity index (χ0) is 14.6. The highest BCUT2D eigenvalue weighted by Crippen LogP contribution is 2.21. The average Bonchev–Trinajstić information content (AvgIpc) is 2.36. The highest BCUT2D eigenvalue weighted by molar-refractivity contribution is 6.05. The molecule has 0 bridgehead atoms. The topological polar surface area (TPSA) is 70.3 Å². The summed E-state index contributed by atoms with van der Waals surface area (Å²) in [5.41, 5.74) is 0.218. The van der Waals surface area contributed by atoms with Gasteiger partial charge in [-0.3, -0.25) is 4.79 Å². The lowest BCUT2D eigenvalue weighted by molar-refractivity contribution is 0.102. The van der Waals surface area contributed by atoms with Gasteiger partial charge in [0.15, 0.2) is 5.78 Å². The van der Waals surface area contributed by atoms with Crippen LogP contribution in [-0.2, 0) is 0 Å². The molecule has 19 heavy (non-hydrogen) atoms. The number of ketones is 1. The molecule has 0 saturated heterocycles. The van der Waals surface area contributed by atoms with Crippen LogP contribution < -0.4 is 4.74 Å². The first-order valence-corrected chi connectivity index (χ1v) is 5.83. The van der Waals surface area contributed by atoms with Gasteiger partial charge in [0, 0.05) is 5.56 Å². The van der Waals surface area contributed by atoms with Crippen LogP contribution in [0.4, 0.5) is 0 Å². The van der Waals surface area contributed by atoms with E-state index in [9.17, 15) is 9.90 Å². The molecular formula is C15H17NO3. The van der Waals surface area contributed by atoms with E-state index in [4.69, 9.17) is 10.00 Å². The molecule has 0 saturated carbocycles. The maximum atomic E-state index is 12.0. The second-order valence-corrected chi connectivity index (χ2v) is 4.78. The van der Waals surface area contributed by atoms with Crippen LogP contribution in [-0.4, -0.2) is 23.6 Å². The maximum Gasteiger partial charge on any atom is 0.185 e. The molecule has 0 aliphatic rings. The van der Waals surface area contributed by atoms with Gasteiger partial charge in [0.2, 0.25) is 0 Å². The maximum absolute atomic E-state index is 12.0. The van der Waals surface area contributed by atoms with Gasteiger partial charge in [-0.15, -0.1) is 0 Å². The van der Waals surface area contributed by atoms with Crippen molar-refractivity contribution in [2.75, 3.05) is 7.11 Å². The third-order valence-electron chi connectivity index (χ3n) is 2.92. The van der Waals surface area contributed by atoms with E-state index >= 15 is 0 Å². The Morgan fingerprint density at radius 3 is 2.58 bits per heavy atom. The van der Waals surface area contributed by atoms with Crippen LogP contribution in [0.2, 0.25) is 0 Å². The summed E-state index contributed by atoms with van der Waals surface area (Å²) in [5, 5.41) is 18.7. The molecule has 0 spiro atoms. The normalized spacial score (nSPS) is 11.9. The van der Waals surface area contributed by atoms with Gasteiger partial charge in [0.25, 0.3) is 0 Å². The molecule has 0 fully saturated rings. The van der Waals surface area contributed by atoms with E-state index in [0.717, 1.165) is 0 Å². The van der Waals surface area contributed by atoms with E-state index in [1.165, 1.54) is 19.3 Å². The first kappa shape index (κ1) is 14.9. The number of nitriles is 1. The minimum atomic E-state index is -1.04. The van der Waals surface area contributed by atoms with Crippen LogP contribution in [0.15, 0.2) is 29.8 Å². The van der Waals surface area contributed by atoms with E-state index in [0.29, 0.717) is 22.4 Å². The first-order chi connectivity index (χ1) is 8.79. The molecule has 100 valence electrons. The molecule has 4 heteroatoms. The van der Waals surface area contributed by atoms with Gasteiger partial charge in [0.05, 0.1) is 18.3 Å². The Kier molecular flexibility index (Phi) is 4.47. The number of methoxy groups -OCH3 is 1. The molecule has 1 N–H and O–H groups in total. The second-order valence-electron chi connectivity index (χ2n) is 4.78.